The molecule has 0 fully saturated rings. The monoisotopic (exact) mass is 305 g/mol. The maximum atomic E-state index is 13.2. The van der Waals surface area contributed by atoms with Crippen molar-refractivity contribution >= 4 is 10.8 Å². The molecular weight excluding hydrogens is 285 g/mol. The Morgan fingerprint density at radius 2 is 1.95 bits per heavy atom. The summed E-state index contributed by atoms with van der Waals surface area (Å²) < 4.78 is 25.7. The predicted molar refractivity (Wildman–Crippen MR) is 85.4 cm³/mol. The van der Waals surface area contributed by atoms with Crippen LogP contribution in [-0.2, 0) is 10.8 Å². The van der Waals surface area contributed by atoms with E-state index in [2.05, 4.69) is 37.4 Å². The van der Waals surface area contributed by atoms with E-state index in [0.717, 1.165) is 5.56 Å². The molecule has 0 saturated heterocycles. The van der Waals surface area contributed by atoms with E-state index >= 15 is 0 Å². The summed E-state index contributed by atoms with van der Waals surface area (Å²) >= 11 is 0. The molecule has 2 aromatic rings. The van der Waals surface area contributed by atoms with Crippen LogP contribution in [0.25, 0.3) is 0 Å². The summed E-state index contributed by atoms with van der Waals surface area (Å²) in [7, 11) is 0.614. The van der Waals surface area contributed by atoms with Gasteiger partial charge in [-0.05, 0) is 50.2 Å². The molecule has 2 aromatic carbocycles. The lowest BCUT2D eigenvalue weighted by Gasteiger charge is -2.19. The van der Waals surface area contributed by atoms with Gasteiger partial charge in [-0.15, -0.1) is 0 Å². The molecule has 4 heteroatoms. The maximum absolute atomic E-state index is 13.2. The maximum Gasteiger partial charge on any atom is 0.124 e. The van der Waals surface area contributed by atoms with E-state index in [4.69, 9.17) is 0 Å². The first-order valence-electron chi connectivity index (χ1n) is 6.89. The average molecular weight is 305 g/mol. The summed E-state index contributed by atoms with van der Waals surface area (Å²) in [6, 6.07) is 12.2. The van der Waals surface area contributed by atoms with Crippen LogP contribution in [0.1, 0.15) is 22.7 Å². The Morgan fingerprint density at radius 3 is 2.57 bits per heavy atom. The minimum Gasteiger partial charge on any atom is -0.312 e. The van der Waals surface area contributed by atoms with E-state index in [1.165, 1.54) is 23.3 Å². The molecule has 0 aliphatic heterocycles. The van der Waals surface area contributed by atoms with Gasteiger partial charge >= 0.3 is 0 Å². The summed E-state index contributed by atoms with van der Waals surface area (Å²) in [5, 5.41) is 3.21. The molecule has 0 radical (unpaired) electrons. The molecule has 0 aromatic heterocycles. The predicted octanol–water partition coefficient (Wildman–Crippen LogP) is 3.51. The zero-order valence-electron chi connectivity index (χ0n) is 12.5. The fraction of sp³-hybridized carbons (Fsp3) is 0.294. The lowest BCUT2D eigenvalue weighted by atomic mass is 10.0. The second kappa shape index (κ2) is 6.96. The topological polar surface area (TPSA) is 29.1 Å². The van der Waals surface area contributed by atoms with E-state index in [0.29, 0.717) is 10.6 Å². The molecule has 2 rings (SSSR count). The van der Waals surface area contributed by atoms with Crippen LogP contribution in [0.3, 0.4) is 0 Å². The summed E-state index contributed by atoms with van der Waals surface area (Å²) in [4.78, 5) is 0.528. The standard InChI is InChI=1S/C17H20FNOS/c1-12-7-8-16(13(2)9-12)17(19-3)11-21(20)15-6-4-5-14(18)10-15/h4-10,17,19H,11H2,1-3H3. The molecular formula is C17H20FNOS. The zero-order chi connectivity index (χ0) is 15.4. The molecule has 1 N–H and O–H groups in total. The number of halogens is 1. The number of nitrogens with one attached hydrogen (secondary N) is 1. The number of hydrogen-bond acceptors (Lipinski definition) is 2. The van der Waals surface area contributed by atoms with Gasteiger partial charge in [0.1, 0.15) is 5.82 Å². The van der Waals surface area contributed by atoms with Gasteiger partial charge in [-0.1, -0.05) is 29.8 Å². The van der Waals surface area contributed by atoms with Crippen molar-refractivity contribution in [1.82, 2.24) is 5.32 Å². The van der Waals surface area contributed by atoms with Crippen molar-refractivity contribution in [3.63, 3.8) is 0 Å². The van der Waals surface area contributed by atoms with E-state index in [1.54, 1.807) is 12.1 Å². The second-order valence-electron chi connectivity index (χ2n) is 5.17. The lowest BCUT2D eigenvalue weighted by Crippen LogP contribution is -2.23. The third-order valence-corrected chi connectivity index (χ3v) is 4.94. The molecule has 2 unspecified atom stereocenters. The van der Waals surface area contributed by atoms with Crippen LogP contribution >= 0.6 is 0 Å². The van der Waals surface area contributed by atoms with Gasteiger partial charge < -0.3 is 5.32 Å². The van der Waals surface area contributed by atoms with Gasteiger partial charge in [0.05, 0.1) is 10.8 Å². The van der Waals surface area contributed by atoms with Gasteiger partial charge in [0.15, 0.2) is 0 Å². The molecule has 0 bridgehead atoms. The van der Waals surface area contributed by atoms with E-state index in [-0.39, 0.29) is 11.9 Å². The van der Waals surface area contributed by atoms with Crippen LogP contribution < -0.4 is 5.32 Å². The van der Waals surface area contributed by atoms with E-state index in [9.17, 15) is 8.60 Å². The number of aryl methyl sites for hydroxylation is 2. The fourth-order valence-electron chi connectivity index (χ4n) is 2.40. The average Bonchev–Trinajstić information content (AvgIpc) is 2.45. The normalized spacial score (nSPS) is 13.9. The molecule has 21 heavy (non-hydrogen) atoms. The first kappa shape index (κ1) is 15.9. The van der Waals surface area contributed by atoms with E-state index < -0.39 is 10.8 Å². The Morgan fingerprint density at radius 1 is 1.19 bits per heavy atom. The van der Waals surface area contributed by atoms with Crippen LogP contribution in [0.5, 0.6) is 0 Å². The van der Waals surface area contributed by atoms with Gasteiger partial charge in [-0.2, -0.15) is 0 Å². The highest BCUT2D eigenvalue weighted by molar-refractivity contribution is 7.85. The minimum atomic E-state index is -1.24. The molecule has 0 amide bonds. The molecule has 0 heterocycles. The largest absolute Gasteiger partial charge is 0.312 e. The van der Waals surface area contributed by atoms with Crippen molar-refractivity contribution in [3.8, 4) is 0 Å². The SMILES string of the molecule is CNC(CS(=O)c1cccc(F)c1)c1ccc(C)cc1C. The summed E-state index contributed by atoms with van der Waals surface area (Å²) in [5.41, 5.74) is 3.51. The van der Waals surface area contributed by atoms with Gasteiger partial charge in [-0.25, -0.2) is 4.39 Å². The Hall–Kier alpha value is -1.52. The highest BCUT2D eigenvalue weighted by Gasteiger charge is 2.16. The third kappa shape index (κ3) is 3.99. The minimum absolute atomic E-state index is 0.0188. The fourth-order valence-corrected chi connectivity index (χ4v) is 3.72. The Labute approximate surface area is 127 Å². The lowest BCUT2D eigenvalue weighted by molar-refractivity contribution is 0.618. The van der Waals surface area contributed by atoms with Crippen LogP contribution in [0.15, 0.2) is 47.4 Å². The summed E-state index contributed by atoms with van der Waals surface area (Å²) in [6.45, 7) is 4.10. The van der Waals surface area contributed by atoms with Crippen molar-refractivity contribution in [1.29, 1.82) is 0 Å². The number of hydrogen-bond donors (Lipinski definition) is 1. The Kier molecular flexibility index (Phi) is 5.26. The van der Waals surface area contributed by atoms with Crippen LogP contribution in [0, 0.1) is 19.7 Å². The number of rotatable bonds is 5. The van der Waals surface area contributed by atoms with Crippen molar-refractivity contribution in [3.05, 3.63) is 65.0 Å². The number of benzene rings is 2. The van der Waals surface area contributed by atoms with Crippen molar-refractivity contribution in [2.75, 3.05) is 12.8 Å². The highest BCUT2D eigenvalue weighted by atomic mass is 32.2. The van der Waals surface area contributed by atoms with Gasteiger partial charge in [0, 0.05) is 16.7 Å². The first-order valence-corrected chi connectivity index (χ1v) is 8.21. The zero-order valence-corrected chi connectivity index (χ0v) is 13.3. The Bertz CT molecular complexity index is 657. The molecule has 2 atom stereocenters. The van der Waals surface area contributed by atoms with Gasteiger partial charge in [0.2, 0.25) is 0 Å². The Balaban J connectivity index is 2.21. The molecule has 0 aliphatic carbocycles. The van der Waals surface area contributed by atoms with Crippen molar-refractivity contribution in [2.45, 2.75) is 24.8 Å². The third-order valence-electron chi connectivity index (χ3n) is 3.53. The quantitative estimate of drug-likeness (QED) is 0.916. The second-order valence-corrected chi connectivity index (χ2v) is 6.67. The molecule has 0 aliphatic rings. The molecule has 112 valence electrons. The molecule has 0 saturated carbocycles. The van der Waals surface area contributed by atoms with Crippen LogP contribution in [0.4, 0.5) is 4.39 Å². The van der Waals surface area contributed by atoms with E-state index in [1.807, 2.05) is 7.05 Å². The van der Waals surface area contributed by atoms with Crippen molar-refractivity contribution in [2.24, 2.45) is 0 Å². The van der Waals surface area contributed by atoms with Crippen LogP contribution in [-0.4, -0.2) is 17.0 Å². The van der Waals surface area contributed by atoms with Crippen molar-refractivity contribution < 1.29 is 8.60 Å². The van der Waals surface area contributed by atoms with Crippen LogP contribution in [0.2, 0.25) is 0 Å². The molecule has 2 nitrogen and oxygen atoms in total. The molecule has 0 spiro atoms. The smallest absolute Gasteiger partial charge is 0.124 e. The van der Waals surface area contributed by atoms with Gasteiger partial charge in [-0.3, -0.25) is 4.21 Å². The summed E-state index contributed by atoms with van der Waals surface area (Å²) in [5.74, 6) is 0.0671. The summed E-state index contributed by atoms with van der Waals surface area (Å²) in [6.07, 6.45) is 0. The van der Waals surface area contributed by atoms with Gasteiger partial charge in [0.25, 0.3) is 0 Å². The first-order chi connectivity index (χ1) is 10.0. The highest BCUT2D eigenvalue weighted by Crippen LogP contribution is 2.21.